The number of methoxy groups -OCH3 is 1. The van der Waals surface area contributed by atoms with E-state index < -0.39 is 28.8 Å². The number of fused-ring (bicyclic) bond motifs is 2. The largest absolute Gasteiger partial charge is 0.496 e. The molecule has 3 aliphatic rings. The number of allylic oxidation sites excluding steroid dienone is 1. The Balaban J connectivity index is 1.56. The Kier molecular flexibility index (Phi) is 16.3. The van der Waals surface area contributed by atoms with Crippen LogP contribution in [-0.4, -0.2) is 90.0 Å². The fourth-order valence-corrected chi connectivity index (χ4v) is 9.44. The van der Waals surface area contributed by atoms with E-state index in [1.165, 1.54) is 19.2 Å². The van der Waals surface area contributed by atoms with E-state index in [1.807, 2.05) is 19.1 Å². The van der Waals surface area contributed by atoms with Crippen LogP contribution in [0.1, 0.15) is 92.6 Å². The Morgan fingerprint density at radius 1 is 1.03 bits per heavy atom. The van der Waals surface area contributed by atoms with Crippen molar-refractivity contribution in [1.82, 2.24) is 4.90 Å². The number of nitrogens with zero attached hydrogens (tertiary/aromatic N) is 3. The highest BCUT2D eigenvalue weighted by atomic mass is 16.7. The normalized spacial score (nSPS) is 22.7. The van der Waals surface area contributed by atoms with Gasteiger partial charge in [0.1, 0.15) is 35.6 Å². The number of unbranched alkanes of at least 4 members (excludes halogenated alkanes) is 2. The number of aliphatic hydroxyl groups is 2. The third kappa shape index (κ3) is 10.4. The summed E-state index contributed by atoms with van der Waals surface area (Å²) in [7, 11) is 1.50. The molecule has 1 heterocycles. The van der Waals surface area contributed by atoms with E-state index >= 15 is 0 Å². The molecular weight excluding hydrogens is 811 g/mol. The molecule has 338 valence electrons. The number of amides is 1. The zero-order valence-electron chi connectivity index (χ0n) is 36.3. The molecule has 0 bridgehead atoms. The number of hydrogen-bond donors (Lipinski definition) is 2. The molecule has 0 spiro atoms. The fraction of sp³-hybridized carbons (Fsp3) is 0.479. The molecule has 63 heavy (non-hydrogen) atoms. The molecule has 0 radical (unpaired) electrons. The number of non-ortho nitro benzene ring substituents is 1. The van der Waals surface area contributed by atoms with Gasteiger partial charge in [-0.1, -0.05) is 37.1 Å². The summed E-state index contributed by atoms with van der Waals surface area (Å²) in [5, 5.41) is 36.0. The smallest absolute Gasteiger partial charge is 0.410 e. The minimum absolute atomic E-state index is 0.0101. The van der Waals surface area contributed by atoms with E-state index in [4.69, 9.17) is 33.7 Å². The molecule has 0 unspecified atom stereocenters. The quantitative estimate of drug-likeness (QED) is 0.0303. The van der Waals surface area contributed by atoms with Crippen molar-refractivity contribution < 1.29 is 53.2 Å². The molecule has 3 aromatic carbocycles. The van der Waals surface area contributed by atoms with Gasteiger partial charge in [0.05, 0.1) is 42.4 Å². The minimum atomic E-state index is -1.47. The van der Waals surface area contributed by atoms with E-state index in [9.17, 15) is 29.9 Å². The topological polar surface area (TPSA) is 189 Å². The lowest BCUT2D eigenvalue weighted by Crippen LogP contribution is -2.70. The predicted octanol–water partition coefficient (Wildman–Crippen LogP) is 8.91. The summed E-state index contributed by atoms with van der Waals surface area (Å²) in [5.74, 6) is -0.465. The number of hydrogen-bond acceptors (Lipinski definition) is 13. The van der Waals surface area contributed by atoms with Crippen LogP contribution in [0.2, 0.25) is 0 Å². The molecule has 3 aromatic rings. The maximum atomic E-state index is 14.1. The molecule has 1 amide bonds. The van der Waals surface area contributed by atoms with Gasteiger partial charge in [-0.3, -0.25) is 19.8 Å². The van der Waals surface area contributed by atoms with Gasteiger partial charge in [0.25, 0.3) is 5.69 Å². The Morgan fingerprint density at radius 2 is 1.76 bits per heavy atom. The lowest BCUT2D eigenvalue weighted by atomic mass is 9.55. The number of ether oxygens (including phenoxy) is 5. The summed E-state index contributed by atoms with van der Waals surface area (Å²) in [6.45, 7) is 8.44. The molecule has 1 fully saturated rings. The first kappa shape index (κ1) is 46.7. The van der Waals surface area contributed by atoms with Crippen LogP contribution in [0.5, 0.6) is 23.0 Å². The SMILES string of the molecule is C=CCO[C@@]12Oc3ccc(Oc4ccc(OC)c(C=O)c4)cc3[C@H]3[C@H](CCCCO)[C@@H](CCCCO)C=C(C(=NOCc4ccc([N+](=O)[O-])cc4)C[C@@H]1N(CCC)C(=O)OCC)[C@H]32. The number of nitro benzene ring substituents is 1. The summed E-state index contributed by atoms with van der Waals surface area (Å²) >= 11 is 0. The van der Waals surface area contributed by atoms with Gasteiger partial charge in [0.15, 0.2) is 6.29 Å². The van der Waals surface area contributed by atoms with Crippen LogP contribution in [0.15, 0.2) is 90.1 Å². The standard InChI is InChI=1S/C48H59N3O12/c1-5-22-50(47(55)59-7-3)44-29-41(49-61-31-32-14-16-35(17-15-32)51(56)57)39-27-33(12-8-10-23-52)38(13-9-11-24-53)45-40-28-37(62-36-18-20-42(58-4)34(26-36)30-54)19-21-43(40)63-48(44,46(39)45)60-25-6-2/h6,14-21,26-28,30,33,38,44-46,52-53H,2,5,7-13,22-25,29,31H2,1,3-4H3/t33-,38+,44-,45+,46+,48+/m0/s1. The van der Waals surface area contributed by atoms with Gasteiger partial charge in [-0.05, 0) is 111 Å². The summed E-state index contributed by atoms with van der Waals surface area (Å²) < 4.78 is 31.7. The van der Waals surface area contributed by atoms with Gasteiger partial charge in [-0.15, -0.1) is 6.58 Å². The average Bonchev–Trinajstić information content (AvgIpc) is 3.29. The van der Waals surface area contributed by atoms with E-state index in [0.717, 1.165) is 36.8 Å². The Hall–Kier alpha value is -5.77. The van der Waals surface area contributed by atoms with Crippen molar-refractivity contribution in [3.8, 4) is 23.0 Å². The summed E-state index contributed by atoms with van der Waals surface area (Å²) in [5.41, 5.74) is 3.29. The number of carbonyl (C=O) groups excluding carboxylic acids is 2. The molecule has 1 aliphatic heterocycles. The molecule has 6 rings (SSSR count). The van der Waals surface area contributed by atoms with Gasteiger partial charge >= 0.3 is 6.09 Å². The van der Waals surface area contributed by atoms with Gasteiger partial charge in [-0.2, -0.15) is 0 Å². The molecule has 6 atom stereocenters. The molecule has 1 saturated carbocycles. The van der Waals surface area contributed by atoms with E-state index in [1.54, 1.807) is 54.3 Å². The molecule has 2 N–H and O–H groups in total. The first-order valence-corrected chi connectivity index (χ1v) is 21.8. The zero-order chi connectivity index (χ0) is 44.9. The minimum Gasteiger partial charge on any atom is -0.496 e. The number of rotatable bonds is 23. The van der Waals surface area contributed by atoms with Crippen LogP contribution < -0.4 is 14.2 Å². The van der Waals surface area contributed by atoms with Gasteiger partial charge in [-0.25, -0.2) is 4.79 Å². The second kappa shape index (κ2) is 22.0. The number of nitro groups is 1. The molecule has 0 aromatic heterocycles. The van der Waals surface area contributed by atoms with Gasteiger partial charge in [0, 0.05) is 49.8 Å². The lowest BCUT2D eigenvalue weighted by molar-refractivity contribution is -0.384. The van der Waals surface area contributed by atoms with Crippen LogP contribution in [0.3, 0.4) is 0 Å². The number of aldehydes is 1. The van der Waals surface area contributed by atoms with E-state index in [2.05, 4.69) is 12.7 Å². The molecule has 15 nitrogen and oxygen atoms in total. The maximum Gasteiger partial charge on any atom is 0.410 e. The highest BCUT2D eigenvalue weighted by Gasteiger charge is 2.65. The second-order valence-electron chi connectivity index (χ2n) is 16.0. The van der Waals surface area contributed by atoms with Gasteiger partial charge < -0.3 is 38.7 Å². The molecular formula is C48H59N3O12. The van der Waals surface area contributed by atoms with Crippen molar-refractivity contribution in [2.45, 2.75) is 89.6 Å². The zero-order valence-corrected chi connectivity index (χ0v) is 36.3. The van der Waals surface area contributed by atoms with Crippen molar-refractivity contribution in [2.24, 2.45) is 22.9 Å². The molecule has 2 aliphatic carbocycles. The Bertz CT molecular complexity index is 2120. The van der Waals surface area contributed by atoms with E-state index in [-0.39, 0.29) is 62.9 Å². The van der Waals surface area contributed by atoms with Crippen molar-refractivity contribution >= 4 is 23.8 Å². The Labute approximate surface area is 368 Å². The first-order valence-electron chi connectivity index (χ1n) is 21.8. The first-order chi connectivity index (χ1) is 30.7. The van der Waals surface area contributed by atoms with Crippen molar-refractivity contribution in [3.63, 3.8) is 0 Å². The third-order valence-electron chi connectivity index (χ3n) is 12.1. The van der Waals surface area contributed by atoms with Crippen LogP contribution in [0.25, 0.3) is 0 Å². The fourth-order valence-electron chi connectivity index (χ4n) is 9.44. The Morgan fingerprint density at radius 3 is 2.43 bits per heavy atom. The second-order valence-corrected chi connectivity index (χ2v) is 16.0. The monoisotopic (exact) mass is 869 g/mol. The number of benzene rings is 3. The third-order valence-corrected chi connectivity index (χ3v) is 12.1. The average molecular weight is 870 g/mol. The van der Waals surface area contributed by atoms with Crippen LogP contribution in [-0.2, 0) is 20.9 Å². The lowest BCUT2D eigenvalue weighted by Gasteiger charge is -2.59. The highest BCUT2D eigenvalue weighted by Crippen LogP contribution is 2.62. The molecule has 15 heteroatoms. The van der Waals surface area contributed by atoms with Gasteiger partial charge in [0.2, 0.25) is 5.79 Å². The summed E-state index contributed by atoms with van der Waals surface area (Å²) in [6.07, 6.45) is 9.12. The predicted molar refractivity (Wildman–Crippen MR) is 235 cm³/mol. The van der Waals surface area contributed by atoms with Crippen LogP contribution >= 0.6 is 0 Å². The number of aliphatic hydroxyl groups excluding tert-OH is 2. The van der Waals surface area contributed by atoms with Crippen LogP contribution in [0, 0.1) is 27.9 Å². The number of carbonyl (C=O) groups is 2. The summed E-state index contributed by atoms with van der Waals surface area (Å²) in [6, 6.07) is 16.0. The maximum absolute atomic E-state index is 14.1. The van der Waals surface area contributed by atoms with Crippen molar-refractivity contribution in [3.05, 3.63) is 112 Å². The van der Waals surface area contributed by atoms with Crippen molar-refractivity contribution in [2.75, 3.05) is 40.1 Å². The van der Waals surface area contributed by atoms with E-state index in [0.29, 0.717) is 71.9 Å². The molecule has 0 saturated heterocycles. The summed E-state index contributed by atoms with van der Waals surface area (Å²) in [4.78, 5) is 44.7. The number of oxime groups is 1. The van der Waals surface area contributed by atoms with Crippen LogP contribution in [0.4, 0.5) is 10.5 Å². The van der Waals surface area contributed by atoms with Crippen molar-refractivity contribution in [1.29, 1.82) is 0 Å². The highest BCUT2D eigenvalue weighted by molar-refractivity contribution is 6.03.